The Morgan fingerprint density at radius 3 is 2.76 bits per heavy atom. The number of sulfonamides is 1. The number of aliphatic hydroxyl groups excluding tert-OH is 1. The molecule has 90 valence electrons. The standard InChI is InChI=1S/C11H12N2O3S/c14-8-9-2-1-3-10(6-9)13-17(15,16)11-4-5-12-7-11/h1-7,12-14H,8H2. The number of nitrogens with one attached hydrogen (secondary N) is 2. The van der Waals surface area contributed by atoms with Crippen LogP contribution < -0.4 is 4.72 Å². The van der Waals surface area contributed by atoms with Crippen LogP contribution in [0.5, 0.6) is 0 Å². The summed E-state index contributed by atoms with van der Waals surface area (Å²) in [7, 11) is -3.56. The highest BCUT2D eigenvalue weighted by Gasteiger charge is 2.14. The van der Waals surface area contributed by atoms with Crippen molar-refractivity contribution in [3.05, 3.63) is 48.3 Å². The molecule has 1 heterocycles. The largest absolute Gasteiger partial charge is 0.392 e. The van der Waals surface area contributed by atoms with Crippen LogP contribution in [0.15, 0.2) is 47.6 Å². The zero-order valence-electron chi connectivity index (χ0n) is 8.92. The smallest absolute Gasteiger partial charge is 0.263 e. The summed E-state index contributed by atoms with van der Waals surface area (Å²) in [4.78, 5) is 2.86. The number of H-pyrrole nitrogens is 1. The fourth-order valence-corrected chi connectivity index (χ4v) is 2.45. The first kappa shape index (κ1) is 11.7. The van der Waals surface area contributed by atoms with Crippen LogP contribution in [0, 0.1) is 0 Å². The number of anilines is 1. The predicted molar refractivity (Wildman–Crippen MR) is 64.0 cm³/mol. The Hall–Kier alpha value is -1.79. The molecule has 17 heavy (non-hydrogen) atoms. The van der Waals surface area contributed by atoms with Crippen LogP contribution in [-0.4, -0.2) is 18.5 Å². The van der Waals surface area contributed by atoms with Gasteiger partial charge < -0.3 is 10.1 Å². The molecule has 0 radical (unpaired) electrons. The molecule has 3 N–H and O–H groups in total. The third-order valence-corrected chi connectivity index (χ3v) is 3.62. The van der Waals surface area contributed by atoms with Crippen LogP contribution in [0.1, 0.15) is 5.56 Å². The molecule has 0 unspecified atom stereocenters. The van der Waals surface area contributed by atoms with Gasteiger partial charge in [0.05, 0.1) is 6.61 Å². The van der Waals surface area contributed by atoms with Crippen molar-refractivity contribution in [1.29, 1.82) is 0 Å². The van der Waals surface area contributed by atoms with E-state index in [2.05, 4.69) is 9.71 Å². The van der Waals surface area contributed by atoms with Crippen LogP contribution >= 0.6 is 0 Å². The first-order chi connectivity index (χ1) is 8.12. The summed E-state index contributed by atoms with van der Waals surface area (Å²) in [5.74, 6) is 0. The highest BCUT2D eigenvalue weighted by Crippen LogP contribution is 2.16. The van der Waals surface area contributed by atoms with Crippen LogP contribution in [0.2, 0.25) is 0 Å². The van der Waals surface area contributed by atoms with Crippen molar-refractivity contribution in [2.45, 2.75) is 11.5 Å². The average Bonchev–Trinajstić information content (AvgIpc) is 2.83. The van der Waals surface area contributed by atoms with Crippen molar-refractivity contribution < 1.29 is 13.5 Å². The van der Waals surface area contributed by atoms with Crippen LogP contribution in [0.25, 0.3) is 0 Å². The normalized spacial score (nSPS) is 11.4. The molecule has 0 aliphatic rings. The Labute approximate surface area is 99.2 Å². The van der Waals surface area contributed by atoms with Crippen molar-refractivity contribution in [1.82, 2.24) is 4.98 Å². The molecule has 0 atom stereocenters. The van der Waals surface area contributed by atoms with Gasteiger partial charge in [0.2, 0.25) is 0 Å². The second-order valence-electron chi connectivity index (χ2n) is 3.51. The van der Waals surface area contributed by atoms with E-state index in [1.807, 2.05) is 0 Å². The van der Waals surface area contributed by atoms with Crippen molar-refractivity contribution in [2.24, 2.45) is 0 Å². The third-order valence-electron chi connectivity index (χ3n) is 2.24. The van der Waals surface area contributed by atoms with Gasteiger partial charge >= 0.3 is 0 Å². The maximum Gasteiger partial charge on any atom is 0.263 e. The molecule has 2 rings (SSSR count). The number of benzene rings is 1. The molecule has 0 bridgehead atoms. The molecule has 1 aromatic heterocycles. The molecule has 0 aliphatic heterocycles. The van der Waals surface area contributed by atoms with Gasteiger partial charge in [-0.1, -0.05) is 12.1 Å². The van der Waals surface area contributed by atoms with Gasteiger partial charge in [0.1, 0.15) is 4.90 Å². The van der Waals surface area contributed by atoms with Gasteiger partial charge in [-0.05, 0) is 23.8 Å². The lowest BCUT2D eigenvalue weighted by molar-refractivity contribution is 0.282. The van der Waals surface area contributed by atoms with Gasteiger partial charge in [0.25, 0.3) is 10.0 Å². The lowest BCUT2D eigenvalue weighted by atomic mass is 10.2. The molecule has 0 spiro atoms. The monoisotopic (exact) mass is 252 g/mol. The quantitative estimate of drug-likeness (QED) is 0.767. The number of hydrogen-bond acceptors (Lipinski definition) is 3. The second-order valence-corrected chi connectivity index (χ2v) is 5.19. The number of rotatable bonds is 4. The van der Waals surface area contributed by atoms with E-state index >= 15 is 0 Å². The summed E-state index contributed by atoms with van der Waals surface area (Å²) in [6.07, 6.45) is 2.94. The number of hydrogen-bond donors (Lipinski definition) is 3. The minimum Gasteiger partial charge on any atom is -0.392 e. The fourth-order valence-electron chi connectivity index (χ4n) is 1.42. The first-order valence-electron chi connectivity index (χ1n) is 4.97. The van der Waals surface area contributed by atoms with Crippen molar-refractivity contribution in [3.8, 4) is 0 Å². The molecule has 0 amide bonds. The second kappa shape index (κ2) is 4.60. The Balaban J connectivity index is 2.26. The molecule has 1 aromatic carbocycles. The molecule has 2 aromatic rings. The Bertz CT molecular complexity index is 591. The van der Waals surface area contributed by atoms with E-state index in [9.17, 15) is 8.42 Å². The lowest BCUT2D eigenvalue weighted by Crippen LogP contribution is -2.12. The highest BCUT2D eigenvalue weighted by molar-refractivity contribution is 7.92. The average molecular weight is 252 g/mol. The Morgan fingerprint density at radius 1 is 1.29 bits per heavy atom. The third kappa shape index (κ3) is 2.66. The van der Waals surface area contributed by atoms with Gasteiger partial charge in [-0.2, -0.15) is 0 Å². The fraction of sp³-hybridized carbons (Fsp3) is 0.0909. The molecule has 6 heteroatoms. The minimum absolute atomic E-state index is 0.125. The maximum absolute atomic E-state index is 11.9. The minimum atomic E-state index is -3.56. The topological polar surface area (TPSA) is 82.2 Å². The summed E-state index contributed by atoms with van der Waals surface area (Å²) in [5, 5.41) is 8.96. The summed E-state index contributed by atoms with van der Waals surface area (Å²) in [6, 6.07) is 8.08. The zero-order chi connectivity index (χ0) is 12.3. The predicted octanol–water partition coefficient (Wildman–Crippen LogP) is 1.31. The zero-order valence-corrected chi connectivity index (χ0v) is 9.74. The van der Waals surface area contributed by atoms with Crippen LogP contribution in [0.4, 0.5) is 5.69 Å². The summed E-state index contributed by atoms with van der Waals surface area (Å²) in [5.41, 5.74) is 1.08. The van der Waals surface area contributed by atoms with E-state index in [4.69, 9.17) is 5.11 Å². The maximum atomic E-state index is 11.9. The van der Waals surface area contributed by atoms with Crippen molar-refractivity contribution in [3.63, 3.8) is 0 Å². The molecular weight excluding hydrogens is 240 g/mol. The van der Waals surface area contributed by atoms with Crippen LogP contribution in [0.3, 0.4) is 0 Å². The first-order valence-corrected chi connectivity index (χ1v) is 6.45. The van der Waals surface area contributed by atoms with E-state index in [1.54, 1.807) is 30.5 Å². The van der Waals surface area contributed by atoms with E-state index in [1.165, 1.54) is 12.3 Å². The molecule has 5 nitrogen and oxygen atoms in total. The van der Waals surface area contributed by atoms with E-state index in [0.29, 0.717) is 11.3 Å². The van der Waals surface area contributed by atoms with Crippen molar-refractivity contribution >= 4 is 15.7 Å². The molecule has 0 fully saturated rings. The SMILES string of the molecule is O=S(=O)(Nc1cccc(CO)c1)c1cc[nH]c1. The van der Waals surface area contributed by atoms with Gasteiger partial charge in [-0.25, -0.2) is 8.42 Å². The van der Waals surface area contributed by atoms with Gasteiger partial charge in [0, 0.05) is 18.1 Å². The lowest BCUT2D eigenvalue weighted by Gasteiger charge is -2.07. The molecular formula is C11H12N2O3S. The Kier molecular flexibility index (Phi) is 3.16. The van der Waals surface area contributed by atoms with Crippen molar-refractivity contribution in [2.75, 3.05) is 4.72 Å². The number of aromatic amines is 1. The van der Waals surface area contributed by atoms with Crippen LogP contribution in [-0.2, 0) is 16.6 Å². The highest BCUT2D eigenvalue weighted by atomic mass is 32.2. The number of aromatic nitrogens is 1. The summed E-state index contributed by atoms with van der Waals surface area (Å²) in [6.45, 7) is -0.125. The molecule has 0 aliphatic carbocycles. The summed E-state index contributed by atoms with van der Waals surface area (Å²) >= 11 is 0. The molecule has 0 saturated carbocycles. The van der Waals surface area contributed by atoms with Gasteiger partial charge in [-0.3, -0.25) is 4.72 Å². The molecule has 0 saturated heterocycles. The van der Waals surface area contributed by atoms with E-state index < -0.39 is 10.0 Å². The van der Waals surface area contributed by atoms with E-state index in [0.717, 1.165) is 0 Å². The Morgan fingerprint density at radius 2 is 2.12 bits per heavy atom. The van der Waals surface area contributed by atoms with E-state index in [-0.39, 0.29) is 11.5 Å². The number of aliphatic hydroxyl groups is 1. The van der Waals surface area contributed by atoms with Gasteiger partial charge in [-0.15, -0.1) is 0 Å². The summed E-state index contributed by atoms with van der Waals surface area (Å²) < 4.78 is 26.2. The van der Waals surface area contributed by atoms with Gasteiger partial charge in [0.15, 0.2) is 0 Å².